The Hall–Kier alpha value is -3.14. The molecule has 4 heteroatoms. The number of nitrogens with zero attached hydrogens (tertiary/aromatic N) is 1. The van der Waals surface area contributed by atoms with Gasteiger partial charge in [0.2, 0.25) is 0 Å². The Morgan fingerprint density at radius 3 is 2.68 bits per heavy atom. The number of hydrogen-bond acceptors (Lipinski definition) is 3. The molecule has 1 aliphatic heterocycles. The van der Waals surface area contributed by atoms with Gasteiger partial charge in [-0.05, 0) is 84.4 Å². The van der Waals surface area contributed by atoms with E-state index in [2.05, 4.69) is 58.1 Å². The molecule has 2 saturated carbocycles. The number of anilines is 1. The summed E-state index contributed by atoms with van der Waals surface area (Å²) < 4.78 is 0. The lowest BCUT2D eigenvalue weighted by molar-refractivity contribution is 0.0950. The zero-order valence-corrected chi connectivity index (χ0v) is 17.5. The van der Waals surface area contributed by atoms with Gasteiger partial charge in [-0.1, -0.05) is 36.4 Å². The summed E-state index contributed by atoms with van der Waals surface area (Å²) in [5, 5.41) is 6.88. The van der Waals surface area contributed by atoms with E-state index in [-0.39, 0.29) is 5.91 Å². The third kappa shape index (κ3) is 3.21. The van der Waals surface area contributed by atoms with Crippen molar-refractivity contribution in [2.75, 3.05) is 5.32 Å². The first-order chi connectivity index (χ1) is 15.3. The number of nitrogens with one attached hydrogen (secondary N) is 2. The second-order valence-electron chi connectivity index (χ2n) is 9.27. The first-order valence-electron chi connectivity index (χ1n) is 11.4. The Bertz CT molecular complexity index is 1100. The molecular weight excluding hydrogens is 382 g/mol. The predicted molar refractivity (Wildman–Crippen MR) is 122 cm³/mol. The molecule has 2 fully saturated rings. The fraction of sp³-hybridized carbons (Fsp3) is 0.333. The highest BCUT2D eigenvalue weighted by atomic mass is 16.1. The van der Waals surface area contributed by atoms with Crippen LogP contribution in [0.15, 0.2) is 72.9 Å². The van der Waals surface area contributed by atoms with Crippen LogP contribution in [-0.4, -0.2) is 10.9 Å². The van der Waals surface area contributed by atoms with Crippen molar-refractivity contribution in [1.82, 2.24) is 10.3 Å². The standard InChI is InChI=1S/C27H27N3O/c31-27(29-16-21-8-4-5-13-28-21)20-11-12-23-22(15-20)24-18-9-10-19(14-18)25(24)26(30-23)17-6-2-1-3-7-17/h1-8,11-13,15,18-19,24-26,30H,9-10,14,16H2,(H,29,31)/t18-,19-,24+,25-,26+/m0/s1. The minimum atomic E-state index is -0.0293. The number of rotatable bonds is 4. The first kappa shape index (κ1) is 18.6. The summed E-state index contributed by atoms with van der Waals surface area (Å²) >= 11 is 0. The molecule has 31 heavy (non-hydrogen) atoms. The summed E-state index contributed by atoms with van der Waals surface area (Å²) in [4.78, 5) is 17.2. The molecule has 6 rings (SSSR count). The fourth-order valence-corrected chi connectivity index (χ4v) is 6.39. The van der Waals surface area contributed by atoms with E-state index in [1.165, 1.54) is 36.1 Å². The molecule has 2 N–H and O–H groups in total. The Morgan fingerprint density at radius 1 is 1.00 bits per heavy atom. The highest BCUT2D eigenvalue weighted by Crippen LogP contribution is 2.63. The van der Waals surface area contributed by atoms with Crippen LogP contribution >= 0.6 is 0 Å². The Morgan fingerprint density at radius 2 is 1.84 bits per heavy atom. The molecule has 5 atom stereocenters. The number of hydrogen-bond donors (Lipinski definition) is 2. The van der Waals surface area contributed by atoms with E-state index >= 15 is 0 Å². The van der Waals surface area contributed by atoms with E-state index in [9.17, 15) is 4.79 Å². The van der Waals surface area contributed by atoms with E-state index in [0.717, 1.165) is 23.1 Å². The van der Waals surface area contributed by atoms with Crippen LogP contribution in [0.2, 0.25) is 0 Å². The van der Waals surface area contributed by atoms with Gasteiger partial charge in [-0.2, -0.15) is 0 Å². The van der Waals surface area contributed by atoms with Crippen LogP contribution in [0, 0.1) is 17.8 Å². The minimum absolute atomic E-state index is 0.0293. The molecule has 2 bridgehead atoms. The monoisotopic (exact) mass is 409 g/mol. The Kier molecular flexibility index (Phi) is 4.52. The quantitative estimate of drug-likeness (QED) is 0.614. The maximum absolute atomic E-state index is 12.9. The largest absolute Gasteiger partial charge is 0.378 e. The highest BCUT2D eigenvalue weighted by Gasteiger charge is 2.53. The zero-order valence-electron chi connectivity index (χ0n) is 17.5. The minimum Gasteiger partial charge on any atom is -0.378 e. The lowest BCUT2D eigenvalue weighted by Gasteiger charge is -2.43. The summed E-state index contributed by atoms with van der Waals surface area (Å²) in [6.45, 7) is 0.446. The van der Waals surface area contributed by atoms with Gasteiger partial charge in [-0.15, -0.1) is 0 Å². The molecule has 3 aliphatic rings. The first-order valence-corrected chi connectivity index (χ1v) is 11.4. The van der Waals surface area contributed by atoms with Crippen LogP contribution in [0.3, 0.4) is 0 Å². The van der Waals surface area contributed by atoms with Gasteiger partial charge < -0.3 is 10.6 Å². The van der Waals surface area contributed by atoms with Crippen LogP contribution in [0.5, 0.6) is 0 Å². The lowest BCUT2D eigenvalue weighted by Crippen LogP contribution is -2.35. The van der Waals surface area contributed by atoms with Crippen molar-refractivity contribution in [3.8, 4) is 0 Å². The van der Waals surface area contributed by atoms with Crippen LogP contribution in [-0.2, 0) is 6.54 Å². The van der Waals surface area contributed by atoms with E-state index in [0.29, 0.717) is 24.4 Å². The van der Waals surface area contributed by atoms with Crippen LogP contribution < -0.4 is 10.6 Å². The molecule has 4 nitrogen and oxygen atoms in total. The maximum Gasteiger partial charge on any atom is 0.251 e. The topological polar surface area (TPSA) is 54.0 Å². The van der Waals surface area contributed by atoms with Gasteiger partial charge in [0, 0.05) is 17.4 Å². The number of aromatic nitrogens is 1. The normalized spacial score (nSPS) is 27.8. The number of carbonyl (C=O) groups excluding carboxylic acids is 1. The van der Waals surface area contributed by atoms with Crippen molar-refractivity contribution >= 4 is 11.6 Å². The predicted octanol–water partition coefficient (Wildman–Crippen LogP) is 5.31. The van der Waals surface area contributed by atoms with E-state index in [4.69, 9.17) is 0 Å². The van der Waals surface area contributed by atoms with Gasteiger partial charge in [0.05, 0.1) is 18.3 Å². The summed E-state index contributed by atoms with van der Waals surface area (Å²) in [6, 6.07) is 23.2. The molecule has 1 aromatic heterocycles. The highest BCUT2D eigenvalue weighted by molar-refractivity contribution is 5.95. The van der Waals surface area contributed by atoms with Gasteiger partial charge in [-0.25, -0.2) is 0 Å². The molecule has 2 heterocycles. The molecule has 0 radical (unpaired) electrons. The molecule has 2 aliphatic carbocycles. The molecule has 0 unspecified atom stereocenters. The Labute approximate surface area is 183 Å². The molecule has 2 aromatic carbocycles. The summed E-state index contributed by atoms with van der Waals surface area (Å²) in [6.07, 6.45) is 5.75. The number of amides is 1. The lowest BCUT2D eigenvalue weighted by atomic mass is 9.68. The number of fused-ring (bicyclic) bond motifs is 7. The molecule has 156 valence electrons. The third-order valence-electron chi connectivity index (χ3n) is 7.66. The van der Waals surface area contributed by atoms with Crippen molar-refractivity contribution < 1.29 is 4.79 Å². The number of carbonyl (C=O) groups is 1. The second-order valence-corrected chi connectivity index (χ2v) is 9.27. The molecular formula is C27H27N3O. The zero-order chi connectivity index (χ0) is 20.8. The van der Waals surface area contributed by atoms with Crippen LogP contribution in [0.1, 0.15) is 58.4 Å². The summed E-state index contributed by atoms with van der Waals surface area (Å²) in [7, 11) is 0. The van der Waals surface area contributed by atoms with Crippen molar-refractivity contribution in [2.45, 2.75) is 37.8 Å². The van der Waals surface area contributed by atoms with Gasteiger partial charge >= 0.3 is 0 Å². The van der Waals surface area contributed by atoms with Gasteiger partial charge in [-0.3, -0.25) is 9.78 Å². The van der Waals surface area contributed by atoms with Crippen molar-refractivity contribution in [3.63, 3.8) is 0 Å². The average molecular weight is 410 g/mol. The molecule has 3 aromatic rings. The van der Waals surface area contributed by atoms with Crippen molar-refractivity contribution in [2.24, 2.45) is 17.8 Å². The van der Waals surface area contributed by atoms with Gasteiger partial charge in [0.1, 0.15) is 0 Å². The fourth-order valence-electron chi connectivity index (χ4n) is 6.39. The number of pyridine rings is 1. The maximum atomic E-state index is 12.9. The van der Waals surface area contributed by atoms with Gasteiger partial charge in [0.15, 0.2) is 0 Å². The third-order valence-corrected chi connectivity index (χ3v) is 7.66. The molecule has 1 amide bonds. The number of benzene rings is 2. The molecule has 0 spiro atoms. The smallest absolute Gasteiger partial charge is 0.251 e. The van der Waals surface area contributed by atoms with E-state index in [1.807, 2.05) is 24.3 Å². The molecule has 0 saturated heterocycles. The SMILES string of the molecule is O=C(NCc1ccccn1)c1ccc2c(c1)[C@H]1[C@H]3CC[C@@H](C3)[C@@H]1[C@@H](c1ccccc1)N2. The average Bonchev–Trinajstić information content (AvgIpc) is 3.46. The van der Waals surface area contributed by atoms with Crippen molar-refractivity contribution in [3.05, 3.63) is 95.3 Å². The van der Waals surface area contributed by atoms with Crippen LogP contribution in [0.25, 0.3) is 0 Å². The Balaban J connectivity index is 1.30. The summed E-state index contributed by atoms with van der Waals surface area (Å²) in [5.74, 6) is 2.65. The van der Waals surface area contributed by atoms with E-state index in [1.54, 1.807) is 6.20 Å². The summed E-state index contributed by atoms with van der Waals surface area (Å²) in [5.41, 5.74) is 5.54. The second kappa shape index (κ2) is 7.52. The van der Waals surface area contributed by atoms with Crippen LogP contribution in [0.4, 0.5) is 5.69 Å². The van der Waals surface area contributed by atoms with Crippen molar-refractivity contribution in [1.29, 1.82) is 0 Å². The van der Waals surface area contributed by atoms with E-state index < -0.39 is 0 Å². The van der Waals surface area contributed by atoms with Gasteiger partial charge in [0.25, 0.3) is 5.91 Å².